The lowest BCUT2D eigenvalue weighted by Crippen LogP contribution is -2.23. The Morgan fingerprint density at radius 1 is 1.47 bits per heavy atom. The van der Waals surface area contributed by atoms with Gasteiger partial charge in [0.2, 0.25) is 0 Å². The summed E-state index contributed by atoms with van der Waals surface area (Å²) >= 11 is 4.78. The van der Waals surface area contributed by atoms with Crippen LogP contribution in [0.15, 0.2) is 32.6 Å². The lowest BCUT2D eigenvalue weighted by Gasteiger charge is -2.06. The number of likely N-dealkylation sites (N-methyl/N-ethyl adjacent to an activating group) is 1. The second kappa shape index (κ2) is 5.79. The molecule has 1 aromatic carbocycles. The third-order valence-electron chi connectivity index (χ3n) is 2.67. The number of amides is 1. The molecule has 0 aliphatic carbocycles. The zero-order valence-electron chi connectivity index (χ0n) is 10.8. The van der Waals surface area contributed by atoms with Crippen molar-refractivity contribution < 1.29 is 9.53 Å². The van der Waals surface area contributed by atoms with Crippen molar-refractivity contribution in [3.05, 3.63) is 33.1 Å². The molecule has 0 radical (unpaired) electrons. The van der Waals surface area contributed by atoms with Crippen molar-refractivity contribution in [2.45, 2.75) is 0 Å². The number of carbonyl (C=O) groups excluding carboxylic acids is 1. The number of hydrogen-bond acceptors (Lipinski definition) is 4. The maximum absolute atomic E-state index is 12.1. The molecule has 4 nitrogen and oxygen atoms in total. The largest absolute Gasteiger partial charge is 0.496 e. The van der Waals surface area contributed by atoms with Gasteiger partial charge < -0.3 is 4.74 Å². The Hall–Kier alpha value is -1.27. The minimum atomic E-state index is -0.0485. The van der Waals surface area contributed by atoms with Crippen molar-refractivity contribution in [2.24, 2.45) is 4.99 Å². The number of benzene rings is 1. The molecular formula is C13H13BrN2O2S. The first kappa shape index (κ1) is 14.1. The van der Waals surface area contributed by atoms with Gasteiger partial charge in [0.15, 0.2) is 5.17 Å². The van der Waals surface area contributed by atoms with Gasteiger partial charge in [0, 0.05) is 24.1 Å². The number of hydrogen-bond donors (Lipinski definition) is 0. The Labute approximate surface area is 124 Å². The molecule has 0 aromatic heterocycles. The number of halogens is 1. The predicted octanol–water partition coefficient (Wildman–Crippen LogP) is 2.99. The van der Waals surface area contributed by atoms with E-state index in [2.05, 4.69) is 20.9 Å². The van der Waals surface area contributed by atoms with Crippen LogP contribution in [0, 0.1) is 0 Å². The monoisotopic (exact) mass is 340 g/mol. The highest BCUT2D eigenvalue weighted by atomic mass is 79.9. The molecule has 0 bridgehead atoms. The first-order valence-corrected chi connectivity index (χ1v) is 7.15. The van der Waals surface area contributed by atoms with Crippen LogP contribution in [0.5, 0.6) is 5.75 Å². The number of methoxy groups -OCH3 is 1. The molecule has 1 fully saturated rings. The molecule has 1 saturated heterocycles. The van der Waals surface area contributed by atoms with E-state index in [0.29, 0.717) is 10.1 Å². The standard InChI is InChI=1S/C13H13BrN2O2S/c1-15-13-16(2)12(17)11(19-13)7-8-6-9(14)4-5-10(8)18-3/h4-7H,1-3H3/b11-7-,15-13?. The van der Waals surface area contributed by atoms with Crippen LogP contribution in [0.4, 0.5) is 0 Å². The van der Waals surface area contributed by atoms with Crippen LogP contribution < -0.4 is 4.74 Å². The van der Waals surface area contributed by atoms with Gasteiger partial charge in [-0.3, -0.25) is 14.7 Å². The lowest BCUT2D eigenvalue weighted by atomic mass is 10.2. The van der Waals surface area contributed by atoms with Crippen molar-refractivity contribution in [3.8, 4) is 5.75 Å². The molecule has 0 N–H and O–H groups in total. The van der Waals surface area contributed by atoms with E-state index in [1.54, 1.807) is 26.1 Å². The topological polar surface area (TPSA) is 41.9 Å². The molecule has 0 atom stereocenters. The van der Waals surface area contributed by atoms with Crippen molar-refractivity contribution in [1.82, 2.24) is 4.90 Å². The van der Waals surface area contributed by atoms with E-state index >= 15 is 0 Å². The van der Waals surface area contributed by atoms with E-state index in [0.717, 1.165) is 15.8 Å². The lowest BCUT2D eigenvalue weighted by molar-refractivity contribution is -0.121. The quantitative estimate of drug-likeness (QED) is 0.777. The summed E-state index contributed by atoms with van der Waals surface area (Å²) in [4.78, 5) is 18.3. The summed E-state index contributed by atoms with van der Waals surface area (Å²) in [6.07, 6.45) is 1.82. The molecule has 6 heteroatoms. The number of aliphatic imine (C=N–C) groups is 1. The van der Waals surface area contributed by atoms with Gasteiger partial charge in [0.25, 0.3) is 5.91 Å². The van der Waals surface area contributed by atoms with Crippen molar-refractivity contribution in [3.63, 3.8) is 0 Å². The molecule has 1 aromatic rings. The molecule has 2 rings (SSSR count). The Kier molecular flexibility index (Phi) is 4.31. The molecule has 19 heavy (non-hydrogen) atoms. The van der Waals surface area contributed by atoms with E-state index in [4.69, 9.17) is 4.74 Å². The maximum Gasteiger partial charge on any atom is 0.266 e. The second-order valence-electron chi connectivity index (χ2n) is 3.87. The van der Waals surface area contributed by atoms with Crippen LogP contribution in [0.2, 0.25) is 0 Å². The van der Waals surface area contributed by atoms with Gasteiger partial charge in [-0.15, -0.1) is 0 Å². The first-order chi connectivity index (χ1) is 9.06. The van der Waals surface area contributed by atoms with Gasteiger partial charge in [-0.1, -0.05) is 15.9 Å². The third-order valence-corrected chi connectivity index (χ3v) is 4.32. The molecular weight excluding hydrogens is 328 g/mol. The van der Waals surface area contributed by atoms with Crippen molar-refractivity contribution in [1.29, 1.82) is 0 Å². The zero-order valence-corrected chi connectivity index (χ0v) is 13.2. The molecule has 100 valence electrons. The highest BCUT2D eigenvalue weighted by molar-refractivity contribution is 9.10. The van der Waals surface area contributed by atoms with Gasteiger partial charge in [-0.2, -0.15) is 0 Å². The smallest absolute Gasteiger partial charge is 0.266 e. The normalized spacial score (nSPS) is 19.6. The first-order valence-electron chi connectivity index (χ1n) is 5.54. The fourth-order valence-electron chi connectivity index (χ4n) is 1.71. The minimum Gasteiger partial charge on any atom is -0.496 e. The number of nitrogens with zero attached hydrogens (tertiary/aromatic N) is 2. The zero-order chi connectivity index (χ0) is 14.0. The number of rotatable bonds is 2. The molecule has 0 saturated carbocycles. The number of amidine groups is 1. The second-order valence-corrected chi connectivity index (χ2v) is 5.79. The van der Waals surface area contributed by atoms with Gasteiger partial charge in [-0.25, -0.2) is 0 Å². The van der Waals surface area contributed by atoms with Crippen LogP contribution in [0.1, 0.15) is 5.56 Å². The molecule has 0 spiro atoms. The maximum atomic E-state index is 12.1. The van der Waals surface area contributed by atoms with E-state index in [-0.39, 0.29) is 5.91 Å². The fourth-order valence-corrected chi connectivity index (χ4v) is 3.01. The Morgan fingerprint density at radius 2 is 2.21 bits per heavy atom. The van der Waals surface area contributed by atoms with Gasteiger partial charge in [-0.05, 0) is 36.0 Å². The predicted molar refractivity (Wildman–Crippen MR) is 82.4 cm³/mol. The molecule has 0 unspecified atom stereocenters. The number of ether oxygens (including phenoxy) is 1. The average molecular weight is 341 g/mol. The third kappa shape index (κ3) is 2.84. The number of carbonyl (C=O) groups is 1. The minimum absolute atomic E-state index is 0.0485. The van der Waals surface area contributed by atoms with Gasteiger partial charge >= 0.3 is 0 Å². The summed E-state index contributed by atoms with van der Waals surface area (Å²) in [5.41, 5.74) is 0.860. The molecule has 1 amide bonds. The summed E-state index contributed by atoms with van der Waals surface area (Å²) in [5, 5.41) is 0.699. The van der Waals surface area contributed by atoms with Gasteiger partial charge in [0.1, 0.15) is 5.75 Å². The van der Waals surface area contributed by atoms with Crippen LogP contribution in [0.25, 0.3) is 6.08 Å². The van der Waals surface area contributed by atoms with Crippen molar-refractivity contribution >= 4 is 44.8 Å². The Bertz CT molecular complexity index is 584. The van der Waals surface area contributed by atoms with Crippen molar-refractivity contribution in [2.75, 3.05) is 21.2 Å². The SMILES string of the molecule is CN=C1S/C(=C\c2cc(Br)ccc2OC)C(=O)N1C. The number of thioether (sulfide) groups is 1. The summed E-state index contributed by atoms with van der Waals surface area (Å²) in [7, 11) is 5.01. The summed E-state index contributed by atoms with van der Waals surface area (Å²) in [5.74, 6) is 0.682. The average Bonchev–Trinajstić information content (AvgIpc) is 2.67. The highest BCUT2D eigenvalue weighted by Crippen LogP contribution is 2.33. The van der Waals surface area contributed by atoms with Gasteiger partial charge in [0.05, 0.1) is 12.0 Å². The van der Waals surface area contributed by atoms with E-state index in [1.165, 1.54) is 11.8 Å². The Morgan fingerprint density at radius 3 is 2.79 bits per heavy atom. The van der Waals surface area contributed by atoms with E-state index in [9.17, 15) is 4.79 Å². The van der Waals surface area contributed by atoms with Crippen LogP contribution in [-0.2, 0) is 4.79 Å². The summed E-state index contributed by atoms with van der Waals surface area (Å²) in [6.45, 7) is 0. The summed E-state index contributed by atoms with van der Waals surface area (Å²) in [6, 6.07) is 5.68. The fraction of sp³-hybridized carbons (Fsp3) is 0.231. The van der Waals surface area contributed by atoms with E-state index < -0.39 is 0 Å². The highest BCUT2D eigenvalue weighted by Gasteiger charge is 2.29. The van der Waals surface area contributed by atoms with Crippen LogP contribution in [0.3, 0.4) is 0 Å². The molecule has 1 aliphatic heterocycles. The molecule has 1 aliphatic rings. The van der Waals surface area contributed by atoms with Crippen LogP contribution >= 0.6 is 27.7 Å². The molecule has 1 heterocycles. The Balaban J connectivity index is 2.42. The van der Waals surface area contributed by atoms with E-state index in [1.807, 2.05) is 24.3 Å². The summed E-state index contributed by atoms with van der Waals surface area (Å²) < 4.78 is 6.23. The van der Waals surface area contributed by atoms with Crippen LogP contribution in [-0.4, -0.2) is 37.2 Å².